The molecule has 0 aliphatic carbocycles. The van der Waals surface area contributed by atoms with E-state index in [0.29, 0.717) is 37.7 Å². The minimum absolute atomic E-state index is 0.106. The van der Waals surface area contributed by atoms with E-state index < -0.39 is 6.04 Å². The van der Waals surface area contributed by atoms with Gasteiger partial charge < -0.3 is 20.7 Å². The number of benzene rings is 1. The molecule has 0 bridgehead atoms. The van der Waals surface area contributed by atoms with Crippen LogP contribution in [0.5, 0.6) is 0 Å². The molecular weight excluding hydrogens is 249 g/mol. The van der Waals surface area contributed by atoms with Gasteiger partial charge in [-0.25, -0.2) is 4.39 Å². The molecule has 1 heterocycles. The highest BCUT2D eigenvalue weighted by Gasteiger charge is 2.30. The SMILES string of the molecule is CCNC(=O)C1COCCN1c1ccc(F)cc1N. The zero-order valence-corrected chi connectivity index (χ0v) is 10.9. The van der Waals surface area contributed by atoms with Crippen LogP contribution in [0.4, 0.5) is 15.8 Å². The van der Waals surface area contributed by atoms with E-state index in [1.165, 1.54) is 12.1 Å². The van der Waals surface area contributed by atoms with Crippen molar-refractivity contribution in [2.75, 3.05) is 36.9 Å². The Morgan fingerprint density at radius 1 is 1.63 bits per heavy atom. The molecule has 2 rings (SSSR count). The Kier molecular flexibility index (Phi) is 4.21. The molecule has 1 aromatic rings. The van der Waals surface area contributed by atoms with Crippen LogP contribution < -0.4 is 16.0 Å². The van der Waals surface area contributed by atoms with Gasteiger partial charge in [0.15, 0.2) is 0 Å². The van der Waals surface area contributed by atoms with Gasteiger partial charge in [0.2, 0.25) is 5.91 Å². The van der Waals surface area contributed by atoms with Gasteiger partial charge in [-0.05, 0) is 25.1 Å². The summed E-state index contributed by atoms with van der Waals surface area (Å²) in [5.41, 5.74) is 6.83. The van der Waals surface area contributed by atoms with Gasteiger partial charge in [-0.1, -0.05) is 0 Å². The van der Waals surface area contributed by atoms with Crippen molar-refractivity contribution in [2.24, 2.45) is 0 Å². The highest BCUT2D eigenvalue weighted by molar-refractivity contribution is 5.87. The minimum Gasteiger partial charge on any atom is -0.397 e. The van der Waals surface area contributed by atoms with Crippen molar-refractivity contribution in [2.45, 2.75) is 13.0 Å². The Bertz CT molecular complexity index is 467. The summed E-state index contributed by atoms with van der Waals surface area (Å²) in [6.45, 7) is 3.80. The first-order valence-corrected chi connectivity index (χ1v) is 6.30. The first-order chi connectivity index (χ1) is 9.13. The van der Waals surface area contributed by atoms with E-state index in [0.717, 1.165) is 0 Å². The summed E-state index contributed by atoms with van der Waals surface area (Å²) in [5, 5.41) is 2.77. The van der Waals surface area contributed by atoms with Crippen molar-refractivity contribution in [3.05, 3.63) is 24.0 Å². The third kappa shape index (κ3) is 2.96. The number of nitrogens with two attached hydrogens (primary N) is 1. The number of nitrogens with zero attached hydrogens (tertiary/aromatic N) is 1. The van der Waals surface area contributed by atoms with Crippen molar-refractivity contribution >= 4 is 17.3 Å². The molecule has 1 aliphatic heterocycles. The van der Waals surface area contributed by atoms with Crippen molar-refractivity contribution in [1.29, 1.82) is 0 Å². The number of hydrogen-bond donors (Lipinski definition) is 2. The molecule has 104 valence electrons. The van der Waals surface area contributed by atoms with Crippen molar-refractivity contribution in [1.82, 2.24) is 5.32 Å². The molecule has 1 aromatic carbocycles. The molecular formula is C13H18FN3O2. The number of rotatable bonds is 3. The highest BCUT2D eigenvalue weighted by atomic mass is 19.1. The maximum atomic E-state index is 13.1. The molecule has 19 heavy (non-hydrogen) atoms. The van der Waals surface area contributed by atoms with Gasteiger partial charge in [-0.15, -0.1) is 0 Å². The number of nitrogens with one attached hydrogen (secondary N) is 1. The number of carbonyl (C=O) groups is 1. The molecule has 0 saturated carbocycles. The Morgan fingerprint density at radius 3 is 3.11 bits per heavy atom. The van der Waals surface area contributed by atoms with Crippen LogP contribution >= 0.6 is 0 Å². The molecule has 5 nitrogen and oxygen atoms in total. The van der Waals surface area contributed by atoms with Crippen LogP contribution in [0.2, 0.25) is 0 Å². The lowest BCUT2D eigenvalue weighted by Crippen LogP contribution is -2.54. The normalized spacial score (nSPS) is 19.3. The number of hydrogen-bond acceptors (Lipinski definition) is 4. The number of amides is 1. The fourth-order valence-electron chi connectivity index (χ4n) is 2.19. The molecule has 1 unspecified atom stereocenters. The average molecular weight is 267 g/mol. The predicted octanol–water partition coefficient (Wildman–Crippen LogP) is 0.749. The Balaban J connectivity index is 2.26. The van der Waals surface area contributed by atoms with Crippen LogP contribution in [-0.4, -0.2) is 38.3 Å². The number of anilines is 2. The van der Waals surface area contributed by atoms with E-state index in [1.54, 1.807) is 6.07 Å². The van der Waals surface area contributed by atoms with Gasteiger partial charge in [0.25, 0.3) is 0 Å². The van der Waals surface area contributed by atoms with Crippen LogP contribution in [0, 0.1) is 5.82 Å². The summed E-state index contributed by atoms with van der Waals surface area (Å²) < 4.78 is 18.4. The third-order valence-corrected chi connectivity index (χ3v) is 3.08. The maximum absolute atomic E-state index is 13.1. The van der Waals surface area contributed by atoms with Crippen molar-refractivity contribution < 1.29 is 13.9 Å². The summed E-state index contributed by atoms with van der Waals surface area (Å²) in [7, 11) is 0. The molecule has 3 N–H and O–H groups in total. The largest absolute Gasteiger partial charge is 0.397 e. The zero-order valence-electron chi connectivity index (χ0n) is 10.9. The lowest BCUT2D eigenvalue weighted by Gasteiger charge is -2.36. The van der Waals surface area contributed by atoms with Gasteiger partial charge in [0.05, 0.1) is 24.6 Å². The van der Waals surface area contributed by atoms with Crippen LogP contribution in [0.3, 0.4) is 0 Å². The lowest BCUT2D eigenvalue weighted by atomic mass is 10.1. The second kappa shape index (κ2) is 5.88. The first kappa shape index (κ1) is 13.6. The number of morpholine rings is 1. The lowest BCUT2D eigenvalue weighted by molar-refractivity contribution is -0.124. The highest BCUT2D eigenvalue weighted by Crippen LogP contribution is 2.27. The van der Waals surface area contributed by atoms with Crippen molar-refractivity contribution in [3.63, 3.8) is 0 Å². The molecule has 1 saturated heterocycles. The molecule has 1 amide bonds. The van der Waals surface area contributed by atoms with Gasteiger partial charge >= 0.3 is 0 Å². The maximum Gasteiger partial charge on any atom is 0.245 e. The molecule has 0 radical (unpaired) electrons. The van der Waals surface area contributed by atoms with Crippen LogP contribution in [0.1, 0.15) is 6.92 Å². The molecule has 1 atom stereocenters. The molecule has 1 aliphatic rings. The van der Waals surface area contributed by atoms with E-state index in [-0.39, 0.29) is 11.7 Å². The quantitative estimate of drug-likeness (QED) is 0.793. The van der Waals surface area contributed by atoms with Crippen LogP contribution in [-0.2, 0) is 9.53 Å². The number of carbonyl (C=O) groups excluding carboxylic acids is 1. The molecule has 0 spiro atoms. The molecule has 0 aromatic heterocycles. The molecule has 6 heteroatoms. The number of nitrogen functional groups attached to an aromatic ring is 1. The number of likely N-dealkylation sites (N-methyl/N-ethyl adjacent to an activating group) is 1. The van der Waals surface area contributed by atoms with E-state index >= 15 is 0 Å². The van der Waals surface area contributed by atoms with Crippen LogP contribution in [0.15, 0.2) is 18.2 Å². The number of ether oxygens (including phenoxy) is 1. The zero-order chi connectivity index (χ0) is 13.8. The van der Waals surface area contributed by atoms with E-state index in [4.69, 9.17) is 10.5 Å². The topological polar surface area (TPSA) is 67.6 Å². The monoisotopic (exact) mass is 267 g/mol. The summed E-state index contributed by atoms with van der Waals surface area (Å²) in [6.07, 6.45) is 0. The number of halogens is 1. The van der Waals surface area contributed by atoms with E-state index in [1.807, 2.05) is 11.8 Å². The fourth-order valence-corrected chi connectivity index (χ4v) is 2.19. The fraction of sp³-hybridized carbons (Fsp3) is 0.462. The Hall–Kier alpha value is -1.82. The second-order valence-corrected chi connectivity index (χ2v) is 4.38. The summed E-state index contributed by atoms with van der Waals surface area (Å²) in [6, 6.07) is 3.78. The van der Waals surface area contributed by atoms with E-state index in [9.17, 15) is 9.18 Å². The summed E-state index contributed by atoms with van der Waals surface area (Å²) in [4.78, 5) is 13.9. The average Bonchev–Trinajstić information content (AvgIpc) is 2.39. The Morgan fingerprint density at radius 2 is 2.42 bits per heavy atom. The first-order valence-electron chi connectivity index (χ1n) is 6.30. The van der Waals surface area contributed by atoms with Crippen LogP contribution in [0.25, 0.3) is 0 Å². The van der Waals surface area contributed by atoms with Gasteiger partial charge in [-0.2, -0.15) is 0 Å². The second-order valence-electron chi connectivity index (χ2n) is 4.38. The summed E-state index contributed by atoms with van der Waals surface area (Å²) >= 11 is 0. The van der Waals surface area contributed by atoms with E-state index in [2.05, 4.69) is 5.32 Å². The summed E-state index contributed by atoms with van der Waals surface area (Å²) in [5.74, 6) is -0.491. The molecule has 1 fully saturated rings. The Labute approximate surface area is 111 Å². The van der Waals surface area contributed by atoms with Gasteiger partial charge in [0.1, 0.15) is 11.9 Å². The van der Waals surface area contributed by atoms with Gasteiger partial charge in [0, 0.05) is 13.1 Å². The third-order valence-electron chi connectivity index (χ3n) is 3.08. The van der Waals surface area contributed by atoms with Gasteiger partial charge in [-0.3, -0.25) is 4.79 Å². The predicted molar refractivity (Wildman–Crippen MR) is 71.4 cm³/mol. The smallest absolute Gasteiger partial charge is 0.245 e. The van der Waals surface area contributed by atoms with Crippen molar-refractivity contribution in [3.8, 4) is 0 Å². The standard InChI is InChI=1S/C13H18FN3O2/c1-2-16-13(18)12-8-19-6-5-17(12)11-4-3-9(14)7-10(11)15/h3-4,7,12H,2,5-6,8,15H2,1H3,(H,16,18). The minimum atomic E-state index is -0.429.